The predicted molar refractivity (Wildman–Crippen MR) is 132 cm³/mol. The number of carboxylic acid groups (broad SMARTS) is 1. The van der Waals surface area contributed by atoms with Gasteiger partial charge >= 0.3 is 5.97 Å². The van der Waals surface area contributed by atoms with Crippen molar-refractivity contribution in [1.82, 2.24) is 0 Å². The molecule has 5 nitrogen and oxygen atoms in total. The van der Waals surface area contributed by atoms with Crippen molar-refractivity contribution in [2.24, 2.45) is 0 Å². The molecule has 0 spiro atoms. The Kier molecular flexibility index (Phi) is 10.7. The van der Waals surface area contributed by atoms with E-state index in [4.69, 9.17) is 14.6 Å². The zero-order valence-electron chi connectivity index (χ0n) is 20.2. The van der Waals surface area contributed by atoms with Gasteiger partial charge in [0.2, 0.25) is 0 Å². The van der Waals surface area contributed by atoms with Crippen molar-refractivity contribution in [3.8, 4) is 11.5 Å². The Balaban J connectivity index is 1.86. The molecule has 178 valence electrons. The first-order valence-electron chi connectivity index (χ1n) is 11.7. The van der Waals surface area contributed by atoms with Crippen molar-refractivity contribution in [3.63, 3.8) is 0 Å². The molecule has 0 aliphatic rings. The second kappa shape index (κ2) is 13.5. The lowest BCUT2D eigenvalue weighted by atomic mass is 10.0. The number of rotatable bonds is 14. The quantitative estimate of drug-likeness (QED) is 0.205. The number of benzene rings is 2. The lowest BCUT2D eigenvalue weighted by Gasteiger charge is -2.17. The van der Waals surface area contributed by atoms with Gasteiger partial charge < -0.3 is 14.6 Å². The van der Waals surface area contributed by atoms with Crippen LogP contribution in [-0.2, 0) is 17.6 Å². The van der Waals surface area contributed by atoms with Crippen LogP contribution in [0.4, 0.5) is 0 Å². The van der Waals surface area contributed by atoms with Crippen LogP contribution < -0.4 is 9.47 Å². The topological polar surface area (TPSA) is 72.8 Å². The van der Waals surface area contributed by atoms with Crippen molar-refractivity contribution in [3.05, 3.63) is 70.8 Å². The Morgan fingerprint density at radius 1 is 1.15 bits per heavy atom. The molecule has 0 saturated heterocycles. The maximum absolute atomic E-state index is 12.6. The number of carbonyl (C=O) groups is 2. The van der Waals surface area contributed by atoms with Crippen LogP contribution >= 0.6 is 0 Å². The zero-order chi connectivity index (χ0) is 24.2. The number of carbonyl (C=O) groups excluding carboxylic acids is 1. The summed E-state index contributed by atoms with van der Waals surface area (Å²) in [6, 6.07) is 11.6. The molecule has 0 aliphatic carbocycles. The highest BCUT2D eigenvalue weighted by Crippen LogP contribution is 2.24. The fraction of sp³-hybridized carbons (Fsp3) is 0.429. The smallest absolute Gasteiger partial charge is 0.303 e. The lowest BCUT2D eigenvalue weighted by Crippen LogP contribution is -2.14. The van der Waals surface area contributed by atoms with Gasteiger partial charge in [-0.1, -0.05) is 31.2 Å². The lowest BCUT2D eigenvalue weighted by molar-refractivity contribution is -0.136. The third kappa shape index (κ3) is 8.76. The molecule has 0 saturated carbocycles. The van der Waals surface area contributed by atoms with E-state index in [9.17, 15) is 9.59 Å². The van der Waals surface area contributed by atoms with E-state index in [-0.39, 0.29) is 18.3 Å². The van der Waals surface area contributed by atoms with Crippen LogP contribution in [-0.4, -0.2) is 29.6 Å². The Labute approximate surface area is 197 Å². The first kappa shape index (κ1) is 26.2. The molecule has 2 aromatic carbocycles. The van der Waals surface area contributed by atoms with Gasteiger partial charge in [0.15, 0.2) is 5.78 Å². The minimum atomic E-state index is -0.791. The van der Waals surface area contributed by atoms with Crippen LogP contribution in [0.1, 0.15) is 73.5 Å². The summed E-state index contributed by atoms with van der Waals surface area (Å²) in [7, 11) is 0. The molecule has 0 heterocycles. The zero-order valence-corrected chi connectivity index (χ0v) is 20.2. The molecule has 5 heteroatoms. The van der Waals surface area contributed by atoms with Gasteiger partial charge in [-0.2, -0.15) is 0 Å². The summed E-state index contributed by atoms with van der Waals surface area (Å²) >= 11 is 0. The summed E-state index contributed by atoms with van der Waals surface area (Å²) in [6.45, 7) is 8.49. The fourth-order valence-corrected chi connectivity index (χ4v) is 3.58. The number of hydrogen-bond acceptors (Lipinski definition) is 4. The van der Waals surface area contributed by atoms with Crippen molar-refractivity contribution in [2.45, 2.75) is 72.3 Å². The number of Topliss-reactive ketones (excluding diaryl/α,β-unsaturated/α-hetero) is 1. The fourth-order valence-electron chi connectivity index (χ4n) is 3.58. The second-order valence-corrected chi connectivity index (χ2v) is 8.28. The van der Waals surface area contributed by atoms with Crippen molar-refractivity contribution >= 4 is 11.8 Å². The van der Waals surface area contributed by atoms with Gasteiger partial charge in [0.1, 0.15) is 11.5 Å². The normalized spacial score (nSPS) is 12.0. The van der Waals surface area contributed by atoms with Crippen LogP contribution in [0.2, 0.25) is 0 Å². The number of carboxylic acids is 1. The van der Waals surface area contributed by atoms with Gasteiger partial charge in [0.25, 0.3) is 0 Å². The minimum absolute atomic E-state index is 0.0103. The van der Waals surface area contributed by atoms with Crippen molar-refractivity contribution in [2.75, 3.05) is 6.61 Å². The molecule has 0 radical (unpaired) electrons. The summed E-state index contributed by atoms with van der Waals surface area (Å²) in [6.07, 6.45) is 7.27. The summed E-state index contributed by atoms with van der Waals surface area (Å²) in [5.41, 5.74) is 3.84. The molecule has 0 fully saturated rings. The van der Waals surface area contributed by atoms with E-state index in [1.807, 2.05) is 69.3 Å². The molecule has 0 amide bonds. The first-order chi connectivity index (χ1) is 15.8. The molecule has 2 rings (SSSR count). The number of aliphatic carboxylic acids is 1. The van der Waals surface area contributed by atoms with Crippen LogP contribution in [0.15, 0.2) is 48.6 Å². The monoisotopic (exact) mass is 452 g/mol. The van der Waals surface area contributed by atoms with E-state index in [0.717, 1.165) is 41.7 Å². The van der Waals surface area contributed by atoms with E-state index < -0.39 is 5.97 Å². The van der Waals surface area contributed by atoms with Crippen LogP contribution in [0.25, 0.3) is 0 Å². The Morgan fingerprint density at radius 2 is 1.94 bits per heavy atom. The molecule has 2 aromatic rings. The van der Waals surface area contributed by atoms with Gasteiger partial charge in [0.05, 0.1) is 18.3 Å². The highest BCUT2D eigenvalue weighted by atomic mass is 16.5. The molecule has 0 aliphatic heterocycles. The van der Waals surface area contributed by atoms with Gasteiger partial charge in [0, 0.05) is 12.8 Å². The number of aryl methyl sites for hydroxylation is 3. The summed E-state index contributed by atoms with van der Waals surface area (Å²) < 4.78 is 12.0. The Bertz CT molecular complexity index is 961. The van der Waals surface area contributed by atoms with Crippen molar-refractivity contribution in [1.29, 1.82) is 0 Å². The summed E-state index contributed by atoms with van der Waals surface area (Å²) in [5, 5.41) is 8.86. The van der Waals surface area contributed by atoms with Gasteiger partial charge in [-0.15, -0.1) is 0 Å². The largest absolute Gasteiger partial charge is 0.493 e. The maximum Gasteiger partial charge on any atom is 0.303 e. The van der Waals surface area contributed by atoms with E-state index in [1.165, 1.54) is 0 Å². The van der Waals surface area contributed by atoms with E-state index in [0.29, 0.717) is 30.8 Å². The van der Waals surface area contributed by atoms with Crippen molar-refractivity contribution < 1.29 is 24.2 Å². The van der Waals surface area contributed by atoms with Crippen LogP contribution in [0.5, 0.6) is 11.5 Å². The first-order valence-corrected chi connectivity index (χ1v) is 11.7. The highest BCUT2D eigenvalue weighted by Gasteiger charge is 2.13. The maximum atomic E-state index is 12.6. The van der Waals surface area contributed by atoms with Crippen LogP contribution in [0.3, 0.4) is 0 Å². The number of ketones is 1. The predicted octanol–water partition coefficient (Wildman–Crippen LogP) is 6.35. The molecular formula is C28H36O5. The van der Waals surface area contributed by atoms with E-state index in [2.05, 4.69) is 6.92 Å². The third-order valence-corrected chi connectivity index (χ3v) is 5.56. The Hall–Kier alpha value is -3.08. The molecule has 0 bridgehead atoms. The molecule has 1 atom stereocenters. The van der Waals surface area contributed by atoms with Gasteiger partial charge in [-0.3, -0.25) is 9.59 Å². The second-order valence-electron chi connectivity index (χ2n) is 8.28. The minimum Gasteiger partial charge on any atom is -0.493 e. The summed E-state index contributed by atoms with van der Waals surface area (Å²) in [5.74, 6) is 0.702. The number of ether oxygens (including phenoxy) is 2. The average molecular weight is 453 g/mol. The molecular weight excluding hydrogens is 416 g/mol. The third-order valence-electron chi connectivity index (χ3n) is 5.56. The van der Waals surface area contributed by atoms with Crippen LogP contribution in [0, 0.1) is 6.92 Å². The van der Waals surface area contributed by atoms with E-state index in [1.54, 1.807) is 0 Å². The molecule has 1 unspecified atom stereocenters. The van der Waals surface area contributed by atoms with Gasteiger partial charge in [-0.25, -0.2) is 0 Å². The number of allylic oxidation sites excluding steroid dienone is 2. The highest BCUT2D eigenvalue weighted by molar-refractivity contribution is 5.99. The summed E-state index contributed by atoms with van der Waals surface area (Å²) in [4.78, 5) is 23.4. The van der Waals surface area contributed by atoms with E-state index >= 15 is 0 Å². The average Bonchev–Trinajstić information content (AvgIpc) is 2.79. The Morgan fingerprint density at radius 3 is 2.61 bits per heavy atom. The SMILES string of the molecule is C/C=C\CC(=O)c1cc(CC)ccc1OCCCC(C)Oc1ccc(CCC(=O)O)c(C)c1. The standard InChI is InChI=1S/C28H36O5/c1-5-7-10-26(29)25-19-22(6-2)11-15-27(25)32-17-8-9-21(4)33-24-14-12-23(20(3)18-24)13-16-28(30)31/h5,7,11-12,14-15,18-19,21H,6,8-10,13,16-17H2,1-4H3,(H,30,31)/b7-5-. The molecule has 0 aromatic heterocycles. The van der Waals surface area contributed by atoms with Gasteiger partial charge in [-0.05, 0) is 87.4 Å². The molecule has 33 heavy (non-hydrogen) atoms. The molecule has 1 N–H and O–H groups in total. The number of hydrogen-bond donors (Lipinski definition) is 1.